The third-order valence-electron chi connectivity index (χ3n) is 6.22. The molecular formula is C23H24FN5O. The van der Waals surface area contributed by atoms with Crippen LogP contribution in [0.2, 0.25) is 0 Å². The van der Waals surface area contributed by atoms with Crippen LogP contribution in [0.4, 0.5) is 4.39 Å². The van der Waals surface area contributed by atoms with E-state index >= 15 is 0 Å². The standard InChI is InChI=1S/C23H24FN5O/c1-14-11-15(2)28(27-14)10-9-22(30)29-18-7-8-21(29)19-13-25-23(26-20(19)12-18)16-3-5-17(24)6-4-16/h3-6,11,13,18,21H,7-10,12H2,1-2H3/t18-,21+/m0/s1. The predicted molar refractivity (Wildman–Crippen MR) is 110 cm³/mol. The highest BCUT2D eigenvalue weighted by Gasteiger charge is 2.43. The second-order valence-corrected chi connectivity index (χ2v) is 8.25. The normalized spacial score (nSPS) is 19.8. The van der Waals surface area contributed by atoms with Gasteiger partial charge in [-0.2, -0.15) is 5.10 Å². The van der Waals surface area contributed by atoms with Crippen molar-refractivity contribution in [2.45, 2.75) is 58.2 Å². The molecule has 7 heteroatoms. The number of fused-ring (bicyclic) bond motifs is 4. The molecule has 0 radical (unpaired) electrons. The second kappa shape index (κ2) is 7.31. The van der Waals surface area contributed by atoms with Crippen molar-refractivity contribution in [3.8, 4) is 11.4 Å². The summed E-state index contributed by atoms with van der Waals surface area (Å²) in [7, 11) is 0. The molecule has 4 heterocycles. The minimum absolute atomic E-state index is 0.0500. The first-order valence-corrected chi connectivity index (χ1v) is 10.4. The smallest absolute Gasteiger partial charge is 0.225 e. The highest BCUT2D eigenvalue weighted by Crippen LogP contribution is 2.43. The summed E-state index contributed by atoms with van der Waals surface area (Å²) in [5.74, 6) is 0.505. The molecule has 0 aliphatic carbocycles. The summed E-state index contributed by atoms with van der Waals surface area (Å²) in [4.78, 5) is 24.4. The summed E-state index contributed by atoms with van der Waals surface area (Å²) in [6.07, 6.45) is 4.97. The highest BCUT2D eigenvalue weighted by molar-refractivity contribution is 5.78. The van der Waals surface area contributed by atoms with Gasteiger partial charge in [0.25, 0.3) is 0 Å². The lowest BCUT2D eigenvalue weighted by atomic mass is 9.98. The van der Waals surface area contributed by atoms with Gasteiger partial charge < -0.3 is 4.90 Å². The Kier molecular flexibility index (Phi) is 4.60. The van der Waals surface area contributed by atoms with Gasteiger partial charge in [-0.05, 0) is 57.0 Å². The highest BCUT2D eigenvalue weighted by atomic mass is 19.1. The molecule has 154 valence electrons. The van der Waals surface area contributed by atoms with Crippen molar-refractivity contribution in [3.05, 3.63) is 65.0 Å². The fraction of sp³-hybridized carbons (Fsp3) is 0.391. The maximum atomic E-state index is 13.2. The van der Waals surface area contributed by atoms with Gasteiger partial charge in [-0.3, -0.25) is 9.48 Å². The molecule has 6 nitrogen and oxygen atoms in total. The van der Waals surface area contributed by atoms with Crippen molar-refractivity contribution < 1.29 is 9.18 Å². The molecule has 2 atom stereocenters. The number of nitrogens with zero attached hydrogens (tertiary/aromatic N) is 5. The number of halogens is 1. The lowest BCUT2D eigenvalue weighted by Gasteiger charge is -2.36. The molecule has 1 amide bonds. The average Bonchev–Trinajstić information content (AvgIpc) is 3.23. The molecule has 2 aliphatic heterocycles. The van der Waals surface area contributed by atoms with Crippen LogP contribution in [0, 0.1) is 19.7 Å². The summed E-state index contributed by atoms with van der Waals surface area (Å²) >= 11 is 0. The van der Waals surface area contributed by atoms with E-state index < -0.39 is 0 Å². The SMILES string of the molecule is Cc1cc(C)n(CCC(=O)N2[C@H]3CC[C@@H]2c2cnc(-c4ccc(F)cc4)nc2C3)n1. The molecule has 3 aromatic rings. The van der Waals surface area contributed by atoms with E-state index in [2.05, 4.69) is 15.0 Å². The summed E-state index contributed by atoms with van der Waals surface area (Å²) in [5.41, 5.74) is 4.92. The van der Waals surface area contributed by atoms with Gasteiger partial charge in [-0.25, -0.2) is 14.4 Å². The van der Waals surface area contributed by atoms with Gasteiger partial charge in [0.1, 0.15) is 5.82 Å². The third-order valence-corrected chi connectivity index (χ3v) is 6.22. The molecule has 1 aromatic carbocycles. The molecule has 0 N–H and O–H groups in total. The minimum Gasteiger partial charge on any atom is -0.332 e. The predicted octanol–water partition coefficient (Wildman–Crippen LogP) is 3.77. The Morgan fingerprint density at radius 1 is 1.20 bits per heavy atom. The van der Waals surface area contributed by atoms with Crippen LogP contribution in [0.3, 0.4) is 0 Å². The Morgan fingerprint density at radius 2 is 2.00 bits per heavy atom. The topological polar surface area (TPSA) is 63.9 Å². The number of amides is 1. The minimum atomic E-state index is -0.274. The van der Waals surface area contributed by atoms with Crippen LogP contribution >= 0.6 is 0 Å². The van der Waals surface area contributed by atoms with Crippen LogP contribution in [-0.2, 0) is 17.8 Å². The van der Waals surface area contributed by atoms with Crippen LogP contribution < -0.4 is 0 Å². The molecule has 5 rings (SSSR count). The Labute approximate surface area is 174 Å². The van der Waals surface area contributed by atoms with Crippen molar-refractivity contribution in [3.63, 3.8) is 0 Å². The zero-order chi connectivity index (χ0) is 20.8. The summed E-state index contributed by atoms with van der Waals surface area (Å²) in [6.45, 7) is 4.58. The van der Waals surface area contributed by atoms with Crippen LogP contribution in [0.25, 0.3) is 11.4 Å². The molecule has 0 saturated carbocycles. The molecule has 30 heavy (non-hydrogen) atoms. The van der Waals surface area contributed by atoms with Crippen LogP contribution in [0.1, 0.15) is 47.9 Å². The first kappa shape index (κ1) is 18.9. The Bertz CT molecular complexity index is 1110. The van der Waals surface area contributed by atoms with Gasteiger partial charge in [0.05, 0.1) is 17.4 Å². The Balaban J connectivity index is 1.35. The van der Waals surface area contributed by atoms with Gasteiger partial charge in [-0.15, -0.1) is 0 Å². The molecule has 2 aliphatic rings. The lowest BCUT2D eigenvalue weighted by molar-refractivity contribution is -0.135. The van der Waals surface area contributed by atoms with E-state index in [1.165, 1.54) is 12.1 Å². The van der Waals surface area contributed by atoms with Crippen LogP contribution in [0.15, 0.2) is 36.5 Å². The maximum Gasteiger partial charge on any atom is 0.225 e. The van der Waals surface area contributed by atoms with Crippen molar-refractivity contribution in [1.29, 1.82) is 0 Å². The second-order valence-electron chi connectivity index (χ2n) is 8.25. The van der Waals surface area contributed by atoms with Crippen molar-refractivity contribution in [1.82, 2.24) is 24.6 Å². The monoisotopic (exact) mass is 405 g/mol. The number of hydrogen-bond acceptors (Lipinski definition) is 4. The molecular weight excluding hydrogens is 381 g/mol. The van der Waals surface area contributed by atoms with Gasteiger partial charge in [0.2, 0.25) is 5.91 Å². The van der Waals surface area contributed by atoms with E-state index in [4.69, 9.17) is 4.98 Å². The molecule has 1 fully saturated rings. The maximum absolute atomic E-state index is 13.2. The van der Waals surface area contributed by atoms with Gasteiger partial charge in [-0.1, -0.05) is 0 Å². The number of aromatic nitrogens is 4. The number of benzene rings is 1. The average molecular weight is 405 g/mol. The molecule has 0 spiro atoms. The van der Waals surface area contributed by atoms with E-state index in [1.54, 1.807) is 12.1 Å². The first-order chi connectivity index (χ1) is 14.5. The van der Waals surface area contributed by atoms with E-state index in [9.17, 15) is 9.18 Å². The number of carbonyl (C=O) groups is 1. The van der Waals surface area contributed by atoms with E-state index in [1.807, 2.05) is 30.8 Å². The molecule has 2 aromatic heterocycles. The number of hydrogen-bond donors (Lipinski definition) is 0. The lowest BCUT2D eigenvalue weighted by Crippen LogP contribution is -2.42. The number of carbonyl (C=O) groups excluding carboxylic acids is 1. The van der Waals surface area contributed by atoms with Gasteiger partial charge >= 0.3 is 0 Å². The third kappa shape index (κ3) is 3.28. The van der Waals surface area contributed by atoms with Crippen molar-refractivity contribution >= 4 is 5.91 Å². The van der Waals surface area contributed by atoms with Gasteiger partial charge in [0, 0.05) is 48.4 Å². The summed E-state index contributed by atoms with van der Waals surface area (Å²) < 4.78 is 15.1. The number of aryl methyl sites for hydroxylation is 3. The molecule has 2 bridgehead atoms. The van der Waals surface area contributed by atoms with E-state index in [-0.39, 0.29) is 23.8 Å². The van der Waals surface area contributed by atoms with E-state index in [0.717, 1.165) is 47.5 Å². The quantitative estimate of drug-likeness (QED) is 0.663. The van der Waals surface area contributed by atoms with Crippen molar-refractivity contribution in [2.75, 3.05) is 0 Å². The summed E-state index contributed by atoms with van der Waals surface area (Å²) in [5, 5.41) is 4.46. The fourth-order valence-corrected chi connectivity index (χ4v) is 4.83. The van der Waals surface area contributed by atoms with Crippen LogP contribution in [0.5, 0.6) is 0 Å². The van der Waals surface area contributed by atoms with E-state index in [0.29, 0.717) is 18.8 Å². The largest absolute Gasteiger partial charge is 0.332 e. The summed E-state index contributed by atoms with van der Waals surface area (Å²) in [6, 6.07) is 8.50. The number of rotatable bonds is 4. The Morgan fingerprint density at radius 3 is 2.73 bits per heavy atom. The van der Waals surface area contributed by atoms with Crippen LogP contribution in [-0.4, -0.2) is 36.6 Å². The first-order valence-electron chi connectivity index (χ1n) is 10.4. The Hall–Kier alpha value is -3.09. The zero-order valence-electron chi connectivity index (χ0n) is 17.2. The van der Waals surface area contributed by atoms with Crippen molar-refractivity contribution in [2.24, 2.45) is 0 Å². The fourth-order valence-electron chi connectivity index (χ4n) is 4.83. The molecule has 0 unspecified atom stereocenters. The van der Waals surface area contributed by atoms with Gasteiger partial charge in [0.15, 0.2) is 5.82 Å². The molecule has 1 saturated heterocycles. The zero-order valence-corrected chi connectivity index (χ0v) is 17.2.